The molecule has 8 fully saturated rings. The van der Waals surface area contributed by atoms with Crippen molar-refractivity contribution < 1.29 is 92.3 Å². The summed E-state index contributed by atoms with van der Waals surface area (Å²) < 4.78 is 44.8. The van der Waals surface area contributed by atoms with Crippen LogP contribution in [0.5, 0.6) is 0 Å². The summed E-state index contributed by atoms with van der Waals surface area (Å²) in [5, 5.41) is 14.8. The Balaban J connectivity index is 0.000000200. The molecule has 0 radical (unpaired) electrons. The maximum atomic E-state index is 12.3. The topological polar surface area (TPSA) is 314 Å². The van der Waals surface area contributed by atoms with Gasteiger partial charge in [0.15, 0.2) is 6.04 Å². The lowest BCUT2D eigenvalue weighted by Crippen LogP contribution is -2.35. The Morgan fingerprint density at radius 1 is 0.517 bits per heavy atom. The number of carbonyl (C=O) groups excluding carboxylic acids is 9. The molecule has 0 saturated carbocycles. The third-order valence-corrected chi connectivity index (χ3v) is 14.4. The third-order valence-electron chi connectivity index (χ3n) is 14.4. The predicted octanol–water partition coefficient (Wildman–Crippen LogP) is 3.87. The van der Waals surface area contributed by atoms with E-state index in [-0.39, 0.29) is 67.6 Å². The minimum absolute atomic E-state index is 0.00463. The van der Waals surface area contributed by atoms with Crippen LogP contribution < -0.4 is 10.6 Å². The Hall–Kier alpha value is -8.36. The predicted molar refractivity (Wildman–Crippen MR) is 311 cm³/mol. The van der Waals surface area contributed by atoms with E-state index in [0.29, 0.717) is 65.6 Å². The number of amides is 5. The average Bonchev–Trinajstić information content (AvgIpc) is 1.96. The molecule has 0 spiro atoms. The molecule has 0 aromatic heterocycles. The molecule has 3 N–H and O–H groups in total. The first kappa shape index (κ1) is 67.8. The molecule has 11 rings (SSSR count). The number of likely N-dealkylation sites (tertiary alicyclic amines) is 2. The van der Waals surface area contributed by atoms with Crippen molar-refractivity contribution in [2.45, 2.75) is 89.9 Å². The summed E-state index contributed by atoms with van der Waals surface area (Å²) >= 11 is 0. The van der Waals surface area contributed by atoms with Crippen LogP contribution in [-0.2, 0) is 91.3 Å². The highest BCUT2D eigenvalue weighted by Crippen LogP contribution is 2.27. The van der Waals surface area contributed by atoms with Gasteiger partial charge in [-0.2, -0.15) is 0 Å². The van der Waals surface area contributed by atoms with Gasteiger partial charge in [0.2, 0.25) is 0 Å². The second-order valence-electron chi connectivity index (χ2n) is 20.6. The molecule has 476 valence electrons. The summed E-state index contributed by atoms with van der Waals surface area (Å²) in [5.41, 5.74) is 2.89. The number of hydrogen-bond donors (Lipinski definition) is 3. The molecule has 3 aromatic carbocycles. The maximum absolute atomic E-state index is 12.3. The Bertz CT molecular complexity index is 2710. The van der Waals surface area contributed by atoms with Gasteiger partial charge in [0, 0.05) is 53.9 Å². The standard InChI is InChI=1S/C17H20N2O5.C12H13NO4.C12H15NO2.C10H14N2O5.C4H7NO2.C4H8O.C2H6/c1-23-16(21)14-10-19(14)17(22)18-8-7-13(9-18)15(20)24-11-12-5-3-2-4-6-12;1-16-11(14)10-7-13(10)12(15)17-8-9-5-3-2-4-6-9;14-12(11-6-7-13-8-11)15-9-10-4-2-1-3-5-10;1-17-9(15)7-5-12(7)10(16)11-3-2-6(4-11)8(13)14;1-7-4(6)3-2-5-3;1-2-4-5-3-1;1-2/h2-6,13-14H,7-11H2,1H3;2-6,10H,7-8H2,1H3;1-5,11,13H,6-9H2;6-7H,2-5H2,1H3,(H,13,14);3,5H,2H2,1H3;1-4H2;1-2H3/t13-,14+,19?;10-,13?;11-;6-,7+,12?;3-;;/m01001../s1/i;;;;;;1D. The van der Waals surface area contributed by atoms with Crippen molar-refractivity contribution in [3.8, 4) is 0 Å². The van der Waals surface area contributed by atoms with Crippen LogP contribution in [0.4, 0.5) is 14.4 Å². The van der Waals surface area contributed by atoms with E-state index in [1.54, 1.807) is 11.8 Å². The number of hydrogen-bond acceptors (Lipinski definition) is 20. The maximum Gasteiger partial charge on any atom is 0.411 e. The number of rotatable bonds is 13. The van der Waals surface area contributed by atoms with E-state index < -0.39 is 54.0 Å². The van der Waals surface area contributed by atoms with E-state index in [1.807, 2.05) is 91.0 Å². The number of carboxylic acid groups (broad SMARTS) is 1. The first-order valence-corrected chi connectivity index (χ1v) is 28.8. The van der Waals surface area contributed by atoms with E-state index in [1.165, 1.54) is 60.9 Å². The minimum atomic E-state index is -0.879. The summed E-state index contributed by atoms with van der Waals surface area (Å²) in [6, 6.07) is 26.7. The van der Waals surface area contributed by atoms with Crippen LogP contribution in [-0.4, -0.2) is 221 Å². The fourth-order valence-corrected chi connectivity index (χ4v) is 8.91. The quantitative estimate of drug-likeness (QED) is 0.124. The summed E-state index contributed by atoms with van der Waals surface area (Å²) in [5.74, 6) is -3.38. The van der Waals surface area contributed by atoms with Crippen molar-refractivity contribution in [2.75, 3.05) is 107 Å². The van der Waals surface area contributed by atoms with Crippen LogP contribution in [0.25, 0.3) is 0 Å². The highest BCUT2D eigenvalue weighted by atomic mass is 16.6. The van der Waals surface area contributed by atoms with Crippen molar-refractivity contribution in [1.29, 1.82) is 0 Å². The Morgan fingerprint density at radius 3 is 1.26 bits per heavy atom. The zero-order valence-corrected chi connectivity index (χ0v) is 50.1. The number of benzene rings is 3. The molecule has 5 amide bonds. The Morgan fingerprint density at radius 2 is 0.908 bits per heavy atom. The Labute approximate surface area is 508 Å². The first-order valence-electron chi connectivity index (χ1n) is 29.5. The number of nitrogens with one attached hydrogen (secondary N) is 2. The number of esters is 6. The molecule has 7 atom stereocenters. The zero-order chi connectivity index (χ0) is 64.0. The highest BCUT2D eigenvalue weighted by Gasteiger charge is 2.50. The van der Waals surface area contributed by atoms with E-state index in [0.717, 1.165) is 56.0 Å². The number of urea groups is 2. The van der Waals surface area contributed by atoms with Crippen LogP contribution in [0.3, 0.4) is 0 Å². The molecule has 0 bridgehead atoms. The summed E-state index contributed by atoms with van der Waals surface area (Å²) in [4.78, 5) is 121. The molecule has 87 heavy (non-hydrogen) atoms. The van der Waals surface area contributed by atoms with Crippen LogP contribution in [0.2, 0.25) is 0 Å². The molecule has 26 heteroatoms. The van der Waals surface area contributed by atoms with Gasteiger partial charge in [-0.05, 0) is 55.3 Å². The second-order valence-corrected chi connectivity index (χ2v) is 20.6. The van der Waals surface area contributed by atoms with Gasteiger partial charge in [-0.25, -0.2) is 28.8 Å². The average molecular weight is 1220 g/mol. The molecule has 8 aliphatic rings. The third kappa shape index (κ3) is 23.4. The lowest BCUT2D eigenvalue weighted by molar-refractivity contribution is -0.150. The van der Waals surface area contributed by atoms with Gasteiger partial charge in [0.25, 0.3) is 0 Å². The van der Waals surface area contributed by atoms with Crippen LogP contribution in [0.1, 0.15) is 64.0 Å². The van der Waals surface area contributed by atoms with E-state index in [9.17, 15) is 47.9 Å². The molecule has 0 aliphatic carbocycles. The van der Waals surface area contributed by atoms with Gasteiger partial charge in [0.1, 0.15) is 37.9 Å². The van der Waals surface area contributed by atoms with Gasteiger partial charge in [-0.1, -0.05) is 105 Å². The Kier molecular flexibility index (Phi) is 28.5. The number of ether oxygens (including phenoxy) is 8. The van der Waals surface area contributed by atoms with E-state index in [2.05, 4.69) is 29.6 Å². The molecular formula is C61H83N7O19. The van der Waals surface area contributed by atoms with Gasteiger partial charge in [-0.15, -0.1) is 0 Å². The molecule has 26 nitrogen and oxygen atoms in total. The fourth-order valence-electron chi connectivity index (χ4n) is 8.91. The van der Waals surface area contributed by atoms with Crippen molar-refractivity contribution in [3.63, 3.8) is 0 Å². The van der Waals surface area contributed by atoms with Crippen LogP contribution >= 0.6 is 0 Å². The number of nitrogens with zero attached hydrogens (tertiary/aromatic N) is 5. The van der Waals surface area contributed by atoms with E-state index in [4.69, 9.17) is 25.4 Å². The SMILES string of the molecule is C1CCOC1.COC(=O)[C@H]1CN1.COC(=O)[C@H]1CN1C(=O)N1CC[C@H](C(=O)O)C1.COC(=O)[C@H]1CN1C(=O)N1CC[C@H](C(=O)OCc2ccccc2)C1.COC(=O)[C@H]1CN1C(=O)OCc1ccccc1.O=C(OCc1ccccc1)[C@H]1CCNC1.[2H]CC. The number of methoxy groups -OCH3 is 4. The number of carbonyl (C=O) groups is 10. The van der Waals surface area contributed by atoms with Crippen molar-refractivity contribution in [3.05, 3.63) is 108 Å². The summed E-state index contributed by atoms with van der Waals surface area (Å²) in [6.07, 6.45) is 4.02. The number of aliphatic carboxylic acids is 1. The van der Waals surface area contributed by atoms with Gasteiger partial charge in [-0.3, -0.25) is 24.1 Å². The lowest BCUT2D eigenvalue weighted by Gasteiger charge is -2.17. The van der Waals surface area contributed by atoms with Crippen molar-refractivity contribution >= 4 is 59.9 Å². The van der Waals surface area contributed by atoms with Gasteiger partial charge in [0.05, 0.1) is 65.8 Å². The van der Waals surface area contributed by atoms with Crippen molar-refractivity contribution in [1.82, 2.24) is 35.1 Å². The lowest BCUT2D eigenvalue weighted by atomic mass is 10.1. The van der Waals surface area contributed by atoms with Gasteiger partial charge >= 0.3 is 59.9 Å². The monoisotopic (exact) mass is 1220 g/mol. The fraction of sp³-hybridized carbons (Fsp3) is 0.541. The molecule has 8 heterocycles. The molecule has 8 saturated heterocycles. The zero-order valence-electron chi connectivity index (χ0n) is 51.1. The largest absolute Gasteiger partial charge is 0.481 e. The molecule has 3 aromatic rings. The first-order chi connectivity index (χ1) is 42.5. The molecular weight excluding hydrogens is 1130 g/mol. The normalized spacial score (nSPS) is 22.0. The smallest absolute Gasteiger partial charge is 0.411 e. The van der Waals surface area contributed by atoms with Crippen molar-refractivity contribution in [2.24, 2.45) is 17.8 Å². The molecule has 8 aliphatic heterocycles. The van der Waals surface area contributed by atoms with E-state index >= 15 is 0 Å². The van der Waals surface area contributed by atoms with Crippen LogP contribution in [0.15, 0.2) is 91.0 Å². The summed E-state index contributed by atoms with van der Waals surface area (Å²) in [7, 11) is 5.27. The van der Waals surface area contributed by atoms with Gasteiger partial charge < -0.3 is 73.2 Å². The second kappa shape index (κ2) is 36.6. The number of carboxylic acids is 1. The molecule has 0 unspecified atom stereocenters. The minimum Gasteiger partial charge on any atom is -0.481 e. The van der Waals surface area contributed by atoms with Crippen LogP contribution in [0, 0.1) is 17.8 Å². The summed E-state index contributed by atoms with van der Waals surface area (Å²) in [6.45, 7) is 10.2. The highest BCUT2D eigenvalue weighted by molar-refractivity contribution is 5.90.